The quantitative estimate of drug-likeness (QED) is 0.710. The van der Waals surface area contributed by atoms with E-state index < -0.39 is 17.7 Å². The van der Waals surface area contributed by atoms with E-state index in [1.165, 1.54) is 11.8 Å². The first kappa shape index (κ1) is 20.3. The maximum Gasteiger partial charge on any atom is 0.251 e. The number of nitrogens with one attached hydrogen (secondary N) is 1. The Hall–Kier alpha value is -2.41. The van der Waals surface area contributed by atoms with Gasteiger partial charge in [-0.1, -0.05) is 44.2 Å². The van der Waals surface area contributed by atoms with Crippen LogP contribution in [0.25, 0.3) is 0 Å². The fraction of sp³-hybridized carbons (Fsp3) is 0.571. The van der Waals surface area contributed by atoms with E-state index in [0.717, 1.165) is 12.0 Å². The number of aliphatic hydroxyl groups excluding tert-OH is 1. The maximum absolute atomic E-state index is 13.1. The van der Waals surface area contributed by atoms with Crippen molar-refractivity contribution in [1.29, 1.82) is 0 Å². The Morgan fingerprint density at radius 3 is 2.46 bits per heavy atom. The van der Waals surface area contributed by atoms with Crippen molar-refractivity contribution >= 4 is 17.7 Å². The molecular weight excluding hydrogens is 358 g/mol. The Bertz CT molecular complexity index is 749. The summed E-state index contributed by atoms with van der Waals surface area (Å²) in [6.07, 6.45) is 0.379. The third-order valence-electron chi connectivity index (χ3n) is 5.71. The Balaban J connectivity index is 1.70. The van der Waals surface area contributed by atoms with Crippen molar-refractivity contribution < 1.29 is 19.5 Å². The van der Waals surface area contributed by atoms with Gasteiger partial charge in [0.2, 0.25) is 11.8 Å². The van der Waals surface area contributed by atoms with Crippen LogP contribution in [-0.2, 0) is 20.9 Å². The highest BCUT2D eigenvalue weighted by molar-refractivity contribution is 6.00. The largest absolute Gasteiger partial charge is 0.391 e. The zero-order valence-corrected chi connectivity index (χ0v) is 16.7. The van der Waals surface area contributed by atoms with Crippen LogP contribution in [0.1, 0.15) is 39.2 Å². The minimum absolute atomic E-state index is 0.0346. The summed E-state index contributed by atoms with van der Waals surface area (Å²) < 4.78 is 0. The van der Waals surface area contributed by atoms with Crippen molar-refractivity contribution in [3.8, 4) is 0 Å². The number of benzene rings is 1. The van der Waals surface area contributed by atoms with Crippen molar-refractivity contribution in [3.05, 3.63) is 35.9 Å². The van der Waals surface area contributed by atoms with Gasteiger partial charge in [0.15, 0.2) is 0 Å². The summed E-state index contributed by atoms with van der Waals surface area (Å²) in [6, 6.07) is 8.50. The summed E-state index contributed by atoms with van der Waals surface area (Å²) in [6.45, 7) is 6.34. The zero-order chi connectivity index (χ0) is 20.5. The van der Waals surface area contributed by atoms with Crippen LogP contribution >= 0.6 is 0 Å². The first-order valence-corrected chi connectivity index (χ1v) is 9.90. The molecule has 7 heteroatoms. The molecule has 7 nitrogen and oxygen atoms in total. The Morgan fingerprint density at radius 2 is 1.89 bits per heavy atom. The smallest absolute Gasteiger partial charge is 0.251 e. The summed E-state index contributed by atoms with van der Waals surface area (Å²) >= 11 is 0. The molecule has 152 valence electrons. The van der Waals surface area contributed by atoms with Crippen molar-refractivity contribution in [3.63, 3.8) is 0 Å². The first-order chi connectivity index (χ1) is 13.3. The number of amides is 3. The van der Waals surface area contributed by atoms with Gasteiger partial charge in [0.05, 0.1) is 12.6 Å². The third kappa shape index (κ3) is 3.51. The van der Waals surface area contributed by atoms with Crippen LogP contribution in [0.5, 0.6) is 0 Å². The number of likely N-dealkylation sites (tertiary alicyclic amines) is 2. The lowest BCUT2D eigenvalue weighted by molar-refractivity contribution is -0.177. The van der Waals surface area contributed by atoms with E-state index >= 15 is 0 Å². The van der Waals surface area contributed by atoms with E-state index in [0.29, 0.717) is 26.1 Å². The number of carbonyl (C=O) groups excluding carboxylic acids is 3. The number of nitrogens with zero attached hydrogens (tertiary/aromatic N) is 2. The minimum atomic E-state index is -1.01. The second-order valence-corrected chi connectivity index (χ2v) is 8.10. The van der Waals surface area contributed by atoms with E-state index in [1.54, 1.807) is 4.90 Å². The number of rotatable bonds is 6. The fourth-order valence-electron chi connectivity index (χ4n) is 4.23. The van der Waals surface area contributed by atoms with Gasteiger partial charge in [-0.3, -0.25) is 14.4 Å². The van der Waals surface area contributed by atoms with Crippen LogP contribution < -0.4 is 5.32 Å². The van der Waals surface area contributed by atoms with Crippen LogP contribution in [-0.4, -0.2) is 63.4 Å². The molecule has 0 radical (unpaired) electrons. The summed E-state index contributed by atoms with van der Waals surface area (Å²) in [5, 5.41) is 13.0. The van der Waals surface area contributed by atoms with Crippen molar-refractivity contribution in [2.45, 2.75) is 57.8 Å². The Labute approximate surface area is 165 Å². The maximum atomic E-state index is 13.1. The molecular formula is C21H29N3O4. The molecule has 1 aromatic carbocycles. The standard InChI is InChI=1S/C21H29N3O4/c1-14(2)19(27)24-11-7-10-21(24)13-23(20(21)28)17(15(3)25)18(26)22-12-16-8-5-4-6-9-16/h4-6,8-9,14-15,17,25H,7,10-13H2,1-3H3,(H,22,26). The Morgan fingerprint density at radius 1 is 1.21 bits per heavy atom. The highest BCUT2D eigenvalue weighted by atomic mass is 16.3. The van der Waals surface area contributed by atoms with Gasteiger partial charge in [-0.25, -0.2) is 0 Å². The molecule has 1 spiro atoms. The van der Waals surface area contributed by atoms with E-state index in [4.69, 9.17) is 0 Å². The van der Waals surface area contributed by atoms with Gasteiger partial charge in [-0.15, -0.1) is 0 Å². The van der Waals surface area contributed by atoms with Crippen LogP contribution in [0.2, 0.25) is 0 Å². The molecule has 2 aliphatic rings. The lowest BCUT2D eigenvalue weighted by Gasteiger charge is -2.54. The topological polar surface area (TPSA) is 90.0 Å². The molecule has 2 saturated heterocycles. The van der Waals surface area contributed by atoms with Gasteiger partial charge < -0.3 is 20.2 Å². The zero-order valence-electron chi connectivity index (χ0n) is 16.7. The molecule has 3 atom stereocenters. The predicted molar refractivity (Wildman–Crippen MR) is 104 cm³/mol. The first-order valence-electron chi connectivity index (χ1n) is 9.90. The van der Waals surface area contributed by atoms with Crippen molar-refractivity contribution in [2.24, 2.45) is 5.92 Å². The van der Waals surface area contributed by atoms with Gasteiger partial charge in [0, 0.05) is 19.0 Å². The van der Waals surface area contributed by atoms with E-state index in [1.807, 2.05) is 44.2 Å². The molecule has 0 aliphatic carbocycles. The SMILES string of the molecule is CC(C)C(=O)N1CCCC12CN(C(C(=O)NCc1ccccc1)C(C)O)C2=O. The summed E-state index contributed by atoms with van der Waals surface area (Å²) in [7, 11) is 0. The normalized spacial score (nSPS) is 23.7. The van der Waals surface area contributed by atoms with Gasteiger partial charge in [-0.2, -0.15) is 0 Å². The number of aliphatic hydroxyl groups is 1. The average Bonchev–Trinajstić information content (AvgIpc) is 3.12. The molecule has 28 heavy (non-hydrogen) atoms. The molecule has 3 amide bonds. The number of hydrogen-bond donors (Lipinski definition) is 2. The van der Waals surface area contributed by atoms with Gasteiger partial charge in [0.1, 0.15) is 11.6 Å². The Kier molecular flexibility index (Phi) is 5.74. The van der Waals surface area contributed by atoms with Crippen molar-refractivity contribution in [2.75, 3.05) is 13.1 Å². The highest BCUT2D eigenvalue weighted by Gasteiger charge is 2.62. The summed E-state index contributed by atoms with van der Waals surface area (Å²) in [4.78, 5) is 41.4. The lowest BCUT2D eigenvalue weighted by Crippen LogP contribution is -2.77. The van der Waals surface area contributed by atoms with E-state index in [9.17, 15) is 19.5 Å². The van der Waals surface area contributed by atoms with Crippen molar-refractivity contribution in [1.82, 2.24) is 15.1 Å². The van der Waals surface area contributed by atoms with Gasteiger partial charge >= 0.3 is 0 Å². The number of carbonyl (C=O) groups is 3. The highest BCUT2D eigenvalue weighted by Crippen LogP contribution is 2.41. The third-order valence-corrected chi connectivity index (χ3v) is 5.71. The predicted octanol–water partition coefficient (Wildman–Crippen LogP) is 0.912. The van der Waals surface area contributed by atoms with E-state index in [2.05, 4.69) is 5.32 Å². The van der Waals surface area contributed by atoms with Crippen LogP contribution in [0.4, 0.5) is 0 Å². The van der Waals surface area contributed by atoms with Gasteiger partial charge in [-0.05, 0) is 25.3 Å². The molecule has 2 fully saturated rings. The molecule has 3 unspecified atom stereocenters. The average molecular weight is 387 g/mol. The second-order valence-electron chi connectivity index (χ2n) is 8.10. The van der Waals surface area contributed by atoms with Crippen LogP contribution in [0.3, 0.4) is 0 Å². The van der Waals surface area contributed by atoms with Gasteiger partial charge in [0.25, 0.3) is 5.91 Å². The number of hydrogen-bond acceptors (Lipinski definition) is 4. The minimum Gasteiger partial charge on any atom is -0.391 e. The van der Waals surface area contributed by atoms with Crippen LogP contribution in [0.15, 0.2) is 30.3 Å². The fourth-order valence-corrected chi connectivity index (χ4v) is 4.23. The number of β-lactam (4-membered cyclic amide) rings is 1. The lowest BCUT2D eigenvalue weighted by atomic mass is 9.82. The molecule has 0 aromatic heterocycles. The molecule has 2 aliphatic heterocycles. The summed E-state index contributed by atoms with van der Waals surface area (Å²) in [5.74, 6) is -0.840. The molecule has 1 aromatic rings. The monoisotopic (exact) mass is 387 g/mol. The second kappa shape index (κ2) is 7.91. The molecule has 0 bridgehead atoms. The molecule has 2 N–H and O–H groups in total. The summed E-state index contributed by atoms with van der Waals surface area (Å²) in [5.41, 5.74) is 0.102. The van der Waals surface area contributed by atoms with Crippen LogP contribution in [0, 0.1) is 5.92 Å². The molecule has 0 saturated carbocycles. The van der Waals surface area contributed by atoms with E-state index in [-0.39, 0.29) is 23.6 Å². The molecule has 3 rings (SSSR count). The molecule has 2 heterocycles.